The predicted molar refractivity (Wildman–Crippen MR) is 142 cm³/mol. The maximum Gasteiger partial charge on any atom is 0.277 e. The van der Waals surface area contributed by atoms with Crippen LogP contribution in [0.25, 0.3) is 0 Å². The maximum atomic E-state index is 12.3. The second-order valence-corrected chi connectivity index (χ2v) is 9.63. The van der Waals surface area contributed by atoms with E-state index < -0.39 is 0 Å². The number of anilines is 1. The molecule has 5 nitrogen and oxygen atoms in total. The third kappa shape index (κ3) is 5.07. The van der Waals surface area contributed by atoms with Crippen molar-refractivity contribution >= 4 is 40.5 Å². The Morgan fingerprint density at radius 3 is 2.74 bits per heavy atom. The molecule has 0 radical (unpaired) electrons. The lowest BCUT2D eigenvalue weighted by atomic mass is 9.76. The monoisotopic (exact) mass is 505 g/mol. The summed E-state index contributed by atoms with van der Waals surface area (Å²) in [5.41, 5.74) is 7.95. The molecular weight excluding hydrogens is 481 g/mol. The molecular formula is C28H25Cl2N3O2. The first kappa shape index (κ1) is 23.5. The number of ether oxygens (including phenoxy) is 1. The minimum absolute atomic E-state index is 0.207. The predicted octanol–water partition coefficient (Wildman–Crippen LogP) is 6.74. The molecule has 5 rings (SSSR count). The summed E-state index contributed by atoms with van der Waals surface area (Å²) in [4.78, 5) is 12.3. The fourth-order valence-corrected chi connectivity index (χ4v) is 5.25. The second-order valence-electron chi connectivity index (χ2n) is 8.78. The van der Waals surface area contributed by atoms with Crippen LogP contribution in [0.1, 0.15) is 42.0 Å². The van der Waals surface area contributed by atoms with E-state index in [1.165, 1.54) is 11.1 Å². The van der Waals surface area contributed by atoms with E-state index in [2.05, 4.69) is 70.5 Å². The average Bonchev–Trinajstić information content (AvgIpc) is 3.37. The zero-order chi connectivity index (χ0) is 24.4. The lowest BCUT2D eigenvalue weighted by Gasteiger charge is -2.37. The number of halogens is 2. The number of hydrogen-bond acceptors (Lipinski definition) is 4. The van der Waals surface area contributed by atoms with Gasteiger partial charge in [-0.2, -0.15) is 5.10 Å². The molecule has 0 fully saturated rings. The molecule has 0 spiro atoms. The molecule has 3 aromatic carbocycles. The van der Waals surface area contributed by atoms with E-state index in [9.17, 15) is 4.79 Å². The summed E-state index contributed by atoms with van der Waals surface area (Å²) < 4.78 is 5.47. The van der Waals surface area contributed by atoms with E-state index in [0.29, 0.717) is 27.6 Å². The first-order valence-corrected chi connectivity index (χ1v) is 12.3. The molecule has 2 aliphatic rings. The Morgan fingerprint density at radius 1 is 1.11 bits per heavy atom. The summed E-state index contributed by atoms with van der Waals surface area (Å²) in [5, 5.41) is 8.89. The third-order valence-electron chi connectivity index (χ3n) is 6.54. The van der Waals surface area contributed by atoms with E-state index in [1.54, 1.807) is 18.2 Å². The van der Waals surface area contributed by atoms with E-state index in [1.807, 2.05) is 13.0 Å². The molecule has 0 bridgehead atoms. The van der Waals surface area contributed by atoms with Crippen molar-refractivity contribution in [2.45, 2.75) is 25.3 Å². The van der Waals surface area contributed by atoms with Crippen LogP contribution >= 0.6 is 23.2 Å². The van der Waals surface area contributed by atoms with Crippen LogP contribution in [0.2, 0.25) is 10.0 Å². The number of rotatable bonds is 6. The molecule has 2 N–H and O–H groups in total. The molecule has 0 unspecified atom stereocenters. The smallest absolute Gasteiger partial charge is 0.277 e. The average molecular weight is 506 g/mol. The van der Waals surface area contributed by atoms with Crippen LogP contribution in [0.3, 0.4) is 0 Å². The molecule has 1 aliphatic carbocycles. The lowest BCUT2D eigenvalue weighted by molar-refractivity contribution is -0.123. The van der Waals surface area contributed by atoms with Gasteiger partial charge >= 0.3 is 0 Å². The molecule has 7 heteroatoms. The Morgan fingerprint density at radius 2 is 1.94 bits per heavy atom. The largest absolute Gasteiger partial charge is 0.482 e. The normalized spacial score (nSPS) is 20.5. The minimum atomic E-state index is -0.375. The Hall–Kier alpha value is -3.28. The fourth-order valence-electron chi connectivity index (χ4n) is 4.79. The number of allylic oxidation sites excluding steroid dienone is 2. The Balaban J connectivity index is 1.28. The van der Waals surface area contributed by atoms with Crippen molar-refractivity contribution in [1.82, 2.24) is 5.43 Å². The molecule has 0 saturated carbocycles. The highest BCUT2D eigenvalue weighted by Crippen LogP contribution is 2.49. The highest BCUT2D eigenvalue weighted by Gasteiger charge is 2.37. The summed E-state index contributed by atoms with van der Waals surface area (Å²) >= 11 is 12.0. The fraction of sp³-hybridized carbons (Fsp3) is 0.214. The number of nitrogens with zero attached hydrogens (tertiary/aromatic N) is 1. The summed E-state index contributed by atoms with van der Waals surface area (Å²) in [5.74, 6) is 0.826. The molecule has 178 valence electrons. The van der Waals surface area contributed by atoms with Crippen LogP contribution in [-0.2, 0) is 4.79 Å². The van der Waals surface area contributed by atoms with Gasteiger partial charge in [0.05, 0.1) is 16.8 Å². The summed E-state index contributed by atoms with van der Waals surface area (Å²) in [6.45, 7) is 1.67. The minimum Gasteiger partial charge on any atom is -0.482 e. The quantitative estimate of drug-likeness (QED) is 0.221. The number of fused-ring (bicyclic) bond motifs is 3. The number of carbonyl (C=O) groups excluding carboxylic acids is 1. The van der Waals surface area contributed by atoms with Gasteiger partial charge in [0.15, 0.2) is 6.61 Å². The van der Waals surface area contributed by atoms with Gasteiger partial charge in [-0.3, -0.25) is 4.79 Å². The van der Waals surface area contributed by atoms with Gasteiger partial charge in [0.1, 0.15) is 5.75 Å². The van der Waals surface area contributed by atoms with Gasteiger partial charge in [0.25, 0.3) is 5.91 Å². The summed E-state index contributed by atoms with van der Waals surface area (Å²) in [6, 6.07) is 22.0. The van der Waals surface area contributed by atoms with Gasteiger partial charge < -0.3 is 10.1 Å². The van der Waals surface area contributed by atoms with Crippen molar-refractivity contribution in [3.63, 3.8) is 0 Å². The molecule has 0 saturated heterocycles. The number of benzene rings is 3. The van der Waals surface area contributed by atoms with Gasteiger partial charge in [0, 0.05) is 16.6 Å². The molecule has 35 heavy (non-hydrogen) atoms. The number of hydrogen-bond donors (Lipinski definition) is 2. The Kier molecular flexibility index (Phi) is 6.80. The molecule has 0 aromatic heterocycles. The number of hydrazone groups is 1. The van der Waals surface area contributed by atoms with Crippen LogP contribution in [0.4, 0.5) is 5.69 Å². The first-order chi connectivity index (χ1) is 17.0. The van der Waals surface area contributed by atoms with Crippen LogP contribution < -0.4 is 15.5 Å². The van der Waals surface area contributed by atoms with E-state index in [-0.39, 0.29) is 18.6 Å². The maximum absolute atomic E-state index is 12.3. The van der Waals surface area contributed by atoms with Crippen LogP contribution in [0.5, 0.6) is 5.75 Å². The van der Waals surface area contributed by atoms with Crippen molar-refractivity contribution in [2.75, 3.05) is 11.9 Å². The third-order valence-corrected chi connectivity index (χ3v) is 7.07. The SMILES string of the molecule is C/C(=N/NC(=O)COc1ccc(Cl)cc1Cl)c1ccc2c(c1)[C@@H]1C=CC[C@@H]1[C@H](c1ccccc1)N2. The zero-order valence-electron chi connectivity index (χ0n) is 19.2. The Labute approximate surface area is 214 Å². The molecule has 1 heterocycles. The molecule has 3 atom stereocenters. The van der Waals surface area contributed by atoms with E-state index in [0.717, 1.165) is 23.4 Å². The lowest BCUT2D eigenvalue weighted by Crippen LogP contribution is -2.29. The van der Waals surface area contributed by atoms with Crippen molar-refractivity contribution in [3.8, 4) is 5.75 Å². The molecule has 3 aromatic rings. The van der Waals surface area contributed by atoms with Crippen LogP contribution in [-0.4, -0.2) is 18.2 Å². The van der Waals surface area contributed by atoms with Crippen molar-refractivity contribution in [3.05, 3.63) is 106 Å². The Bertz CT molecular complexity index is 1310. The molecule has 1 amide bonds. The van der Waals surface area contributed by atoms with Crippen molar-refractivity contribution in [2.24, 2.45) is 11.0 Å². The van der Waals surface area contributed by atoms with Crippen LogP contribution in [0.15, 0.2) is 84.0 Å². The number of nitrogens with one attached hydrogen (secondary N) is 2. The van der Waals surface area contributed by atoms with Gasteiger partial charge in [0.2, 0.25) is 0 Å². The standard InChI is InChI=1S/C28H25Cl2N3O2/c1-17(32-33-27(34)16-35-26-13-11-20(29)15-24(26)30)19-10-12-25-23(14-19)21-8-5-9-22(21)28(31-25)18-6-3-2-4-7-18/h2-8,10-15,21-22,28,31H,9,16H2,1H3,(H,33,34)/b32-17-/t21-,22+,28+/m1/s1. The number of carbonyl (C=O) groups is 1. The van der Waals surface area contributed by atoms with Gasteiger partial charge in [-0.25, -0.2) is 5.43 Å². The second kappa shape index (κ2) is 10.1. The van der Waals surface area contributed by atoms with E-state index in [4.69, 9.17) is 27.9 Å². The zero-order valence-corrected chi connectivity index (χ0v) is 20.7. The highest BCUT2D eigenvalue weighted by molar-refractivity contribution is 6.35. The molecule has 1 aliphatic heterocycles. The van der Waals surface area contributed by atoms with Crippen molar-refractivity contribution in [1.29, 1.82) is 0 Å². The first-order valence-electron chi connectivity index (χ1n) is 11.5. The van der Waals surface area contributed by atoms with Gasteiger partial charge in [-0.05, 0) is 66.3 Å². The topological polar surface area (TPSA) is 62.7 Å². The van der Waals surface area contributed by atoms with Gasteiger partial charge in [-0.1, -0.05) is 71.8 Å². The summed E-state index contributed by atoms with van der Waals surface area (Å²) in [7, 11) is 0. The number of amides is 1. The van der Waals surface area contributed by atoms with Gasteiger partial charge in [-0.15, -0.1) is 0 Å². The summed E-state index contributed by atoms with van der Waals surface area (Å²) in [6.07, 6.45) is 5.64. The van der Waals surface area contributed by atoms with Crippen molar-refractivity contribution < 1.29 is 9.53 Å². The van der Waals surface area contributed by atoms with E-state index >= 15 is 0 Å². The highest BCUT2D eigenvalue weighted by atomic mass is 35.5. The van der Waals surface area contributed by atoms with Crippen LogP contribution in [0, 0.1) is 5.92 Å².